The van der Waals surface area contributed by atoms with Gasteiger partial charge in [-0.15, -0.1) is 0 Å². The highest BCUT2D eigenvalue weighted by atomic mass is 32.2. The van der Waals surface area contributed by atoms with Crippen LogP contribution in [0.4, 0.5) is 0 Å². The number of hydrogen-bond acceptors (Lipinski definition) is 4. The van der Waals surface area contributed by atoms with Gasteiger partial charge in [0.1, 0.15) is 0 Å². The topological polar surface area (TPSA) is 92.7 Å². The van der Waals surface area contributed by atoms with Crippen molar-refractivity contribution >= 4 is 16.0 Å². The average Bonchev–Trinajstić information content (AvgIpc) is 3.00. The number of hydrogen-bond donors (Lipinski definition) is 2. The van der Waals surface area contributed by atoms with Gasteiger partial charge >= 0.3 is 5.97 Å². The van der Waals surface area contributed by atoms with Crippen LogP contribution in [0.3, 0.4) is 0 Å². The maximum absolute atomic E-state index is 12.3. The van der Waals surface area contributed by atoms with Gasteiger partial charge in [-0.2, -0.15) is 0 Å². The molecule has 2 bridgehead atoms. The van der Waals surface area contributed by atoms with Crippen molar-refractivity contribution in [3.05, 3.63) is 29.8 Å². The molecule has 2 saturated heterocycles. The van der Waals surface area contributed by atoms with E-state index in [-0.39, 0.29) is 28.7 Å². The molecule has 0 radical (unpaired) electrons. The summed E-state index contributed by atoms with van der Waals surface area (Å²) in [6.45, 7) is 0. The van der Waals surface area contributed by atoms with Gasteiger partial charge in [0.05, 0.1) is 28.7 Å². The standard InChI is InChI=1S/C13H15NO5S/c15-13(16)8-2-1-3-10(6-8)20(17,18)14-11-7-9-4-5-12(11)19-9/h1-3,6,9,11-12,14H,4-5,7H2,(H,15,16)/t9-,11-,12+/m1/s1. The zero-order valence-electron chi connectivity index (χ0n) is 10.7. The van der Waals surface area contributed by atoms with Gasteiger partial charge in [0.15, 0.2) is 0 Å². The van der Waals surface area contributed by atoms with E-state index in [0.29, 0.717) is 6.42 Å². The molecule has 0 amide bonds. The van der Waals surface area contributed by atoms with E-state index in [9.17, 15) is 13.2 Å². The number of fused-ring (bicyclic) bond motifs is 2. The zero-order valence-corrected chi connectivity index (χ0v) is 11.5. The Morgan fingerprint density at radius 3 is 2.75 bits per heavy atom. The number of carboxylic acid groups (broad SMARTS) is 1. The molecule has 2 N–H and O–H groups in total. The maximum atomic E-state index is 12.3. The van der Waals surface area contributed by atoms with Crippen molar-refractivity contribution in [2.45, 2.75) is 42.4 Å². The van der Waals surface area contributed by atoms with Gasteiger partial charge < -0.3 is 9.84 Å². The first-order chi connectivity index (χ1) is 9.45. The smallest absolute Gasteiger partial charge is 0.335 e. The van der Waals surface area contributed by atoms with E-state index in [0.717, 1.165) is 12.8 Å². The third-order valence-electron chi connectivity index (χ3n) is 3.80. The normalized spacial score (nSPS) is 28.7. The van der Waals surface area contributed by atoms with E-state index < -0.39 is 16.0 Å². The second-order valence-corrected chi connectivity index (χ2v) is 6.88. The fraction of sp³-hybridized carbons (Fsp3) is 0.462. The van der Waals surface area contributed by atoms with E-state index in [1.165, 1.54) is 24.3 Å². The number of benzene rings is 1. The van der Waals surface area contributed by atoms with Crippen molar-refractivity contribution in [1.82, 2.24) is 4.72 Å². The van der Waals surface area contributed by atoms with Crippen LogP contribution >= 0.6 is 0 Å². The predicted molar refractivity (Wildman–Crippen MR) is 70.0 cm³/mol. The molecule has 2 heterocycles. The molecule has 0 spiro atoms. The van der Waals surface area contributed by atoms with Gasteiger partial charge in [-0.25, -0.2) is 17.9 Å². The van der Waals surface area contributed by atoms with Crippen LogP contribution in [0.15, 0.2) is 29.2 Å². The fourth-order valence-electron chi connectivity index (χ4n) is 2.83. The summed E-state index contributed by atoms with van der Waals surface area (Å²) < 4.78 is 32.8. The average molecular weight is 297 g/mol. The van der Waals surface area contributed by atoms with Gasteiger partial charge in [-0.05, 0) is 37.5 Å². The van der Waals surface area contributed by atoms with Crippen LogP contribution in [0.25, 0.3) is 0 Å². The van der Waals surface area contributed by atoms with Gasteiger partial charge in [-0.1, -0.05) is 6.07 Å². The minimum absolute atomic E-state index is 0.0276. The molecule has 0 aliphatic carbocycles. The lowest BCUT2D eigenvalue weighted by molar-refractivity contribution is 0.0696. The molecule has 3 atom stereocenters. The summed E-state index contributed by atoms with van der Waals surface area (Å²) in [6.07, 6.45) is 2.63. The van der Waals surface area contributed by atoms with Crippen molar-refractivity contribution in [2.75, 3.05) is 0 Å². The second kappa shape index (κ2) is 4.83. The summed E-state index contributed by atoms with van der Waals surface area (Å²) in [4.78, 5) is 10.9. The molecule has 0 aromatic heterocycles. The summed E-state index contributed by atoms with van der Waals surface area (Å²) in [7, 11) is -3.72. The highest BCUT2D eigenvalue weighted by Gasteiger charge is 2.42. The van der Waals surface area contributed by atoms with Gasteiger partial charge in [0.2, 0.25) is 10.0 Å². The number of aromatic carboxylic acids is 1. The van der Waals surface area contributed by atoms with E-state index in [2.05, 4.69) is 4.72 Å². The summed E-state index contributed by atoms with van der Waals surface area (Å²) in [5.74, 6) is -1.15. The first kappa shape index (κ1) is 13.5. The van der Waals surface area contributed by atoms with Crippen molar-refractivity contribution in [3.63, 3.8) is 0 Å². The molecule has 2 aliphatic heterocycles. The number of rotatable bonds is 4. The van der Waals surface area contributed by atoms with Crippen molar-refractivity contribution < 1.29 is 23.1 Å². The van der Waals surface area contributed by atoms with Crippen LogP contribution in [-0.4, -0.2) is 37.7 Å². The molecular formula is C13H15NO5S. The SMILES string of the molecule is O=C(O)c1cccc(S(=O)(=O)N[C@@H]2C[C@H]3CC[C@@H]2O3)c1. The molecular weight excluding hydrogens is 282 g/mol. The van der Waals surface area contributed by atoms with Crippen LogP contribution < -0.4 is 4.72 Å². The van der Waals surface area contributed by atoms with Gasteiger partial charge in [-0.3, -0.25) is 0 Å². The van der Waals surface area contributed by atoms with Crippen molar-refractivity contribution in [1.29, 1.82) is 0 Å². The lowest BCUT2D eigenvalue weighted by Crippen LogP contribution is -2.41. The zero-order chi connectivity index (χ0) is 14.3. The number of carbonyl (C=O) groups is 1. The summed E-state index contributed by atoms with van der Waals surface area (Å²) >= 11 is 0. The number of sulfonamides is 1. The Bertz CT molecular complexity index is 642. The third-order valence-corrected chi connectivity index (χ3v) is 5.29. The third kappa shape index (κ3) is 2.44. The Labute approximate surface area is 116 Å². The molecule has 6 nitrogen and oxygen atoms in total. The highest BCUT2D eigenvalue weighted by molar-refractivity contribution is 7.89. The highest BCUT2D eigenvalue weighted by Crippen LogP contribution is 2.35. The molecule has 7 heteroatoms. The van der Waals surface area contributed by atoms with Gasteiger partial charge in [0.25, 0.3) is 0 Å². The largest absolute Gasteiger partial charge is 0.478 e. The number of nitrogens with one attached hydrogen (secondary N) is 1. The minimum atomic E-state index is -3.72. The van der Waals surface area contributed by atoms with Gasteiger partial charge in [0, 0.05) is 0 Å². The number of ether oxygens (including phenoxy) is 1. The Morgan fingerprint density at radius 1 is 1.35 bits per heavy atom. The van der Waals surface area contributed by atoms with Crippen LogP contribution in [0.5, 0.6) is 0 Å². The summed E-state index contributed by atoms with van der Waals surface area (Å²) in [6, 6.07) is 5.13. The first-order valence-corrected chi connectivity index (χ1v) is 7.95. The monoisotopic (exact) mass is 297 g/mol. The number of carboxylic acids is 1. The van der Waals surface area contributed by atoms with Crippen LogP contribution in [0.2, 0.25) is 0 Å². The molecule has 108 valence electrons. The van der Waals surface area contributed by atoms with E-state index in [1.54, 1.807) is 0 Å². The van der Waals surface area contributed by atoms with E-state index in [1.807, 2.05) is 0 Å². The summed E-state index contributed by atoms with van der Waals surface area (Å²) in [5, 5.41) is 8.91. The Balaban J connectivity index is 1.81. The molecule has 1 aromatic rings. The quantitative estimate of drug-likeness (QED) is 0.864. The Morgan fingerprint density at radius 2 is 2.15 bits per heavy atom. The lowest BCUT2D eigenvalue weighted by atomic mass is 9.96. The first-order valence-electron chi connectivity index (χ1n) is 6.47. The van der Waals surface area contributed by atoms with Crippen molar-refractivity contribution in [3.8, 4) is 0 Å². The van der Waals surface area contributed by atoms with Crippen LogP contribution in [0, 0.1) is 0 Å². The van der Waals surface area contributed by atoms with Crippen molar-refractivity contribution in [2.24, 2.45) is 0 Å². The van der Waals surface area contributed by atoms with Crippen LogP contribution in [-0.2, 0) is 14.8 Å². The molecule has 20 heavy (non-hydrogen) atoms. The molecule has 2 fully saturated rings. The lowest BCUT2D eigenvalue weighted by Gasteiger charge is -2.20. The Hall–Kier alpha value is -1.44. The Kier molecular flexibility index (Phi) is 3.27. The molecule has 1 aromatic carbocycles. The van der Waals surface area contributed by atoms with Crippen LogP contribution in [0.1, 0.15) is 29.6 Å². The summed E-state index contributed by atoms with van der Waals surface area (Å²) in [5.41, 5.74) is -0.0444. The molecule has 0 saturated carbocycles. The molecule has 2 aliphatic rings. The minimum Gasteiger partial charge on any atom is -0.478 e. The van der Waals surface area contributed by atoms with E-state index in [4.69, 9.17) is 9.84 Å². The second-order valence-electron chi connectivity index (χ2n) is 5.17. The maximum Gasteiger partial charge on any atom is 0.335 e. The predicted octanol–water partition coefficient (Wildman–Crippen LogP) is 0.983. The fourth-order valence-corrected chi connectivity index (χ4v) is 4.15. The molecule has 3 rings (SSSR count). The van der Waals surface area contributed by atoms with E-state index >= 15 is 0 Å². The molecule has 0 unspecified atom stereocenters.